The summed E-state index contributed by atoms with van der Waals surface area (Å²) in [5, 5.41) is 4.48. The van der Waals surface area contributed by atoms with E-state index in [1.165, 1.54) is 38.9 Å². The molecule has 9 heavy (non-hydrogen) atoms. The molecule has 1 spiro atoms. The Kier molecular flexibility index (Phi) is 1.09. The third-order valence-electron chi connectivity index (χ3n) is 2.40. The van der Waals surface area contributed by atoms with Crippen LogP contribution >= 0.6 is 0 Å². The molecule has 0 N–H and O–H groups in total. The van der Waals surface area contributed by atoms with Gasteiger partial charge in [-0.15, -0.1) is 0 Å². The van der Waals surface area contributed by atoms with Gasteiger partial charge in [-0.05, 0) is 0 Å². The smallest absolute Gasteiger partial charge is 0.108 e. The minimum absolute atomic E-state index is 1.07. The van der Waals surface area contributed by atoms with Crippen molar-refractivity contribution in [1.82, 2.24) is 0 Å². The van der Waals surface area contributed by atoms with Crippen molar-refractivity contribution < 1.29 is 4.59 Å². The fourth-order valence-electron chi connectivity index (χ4n) is 1.85. The Morgan fingerprint density at radius 2 is 1.89 bits per heavy atom. The number of nitrogens with zero attached hydrogens (tertiary/aromatic N) is 2. The predicted molar refractivity (Wildman–Crippen MR) is 37.2 cm³/mol. The van der Waals surface area contributed by atoms with E-state index in [1.807, 2.05) is 0 Å². The van der Waals surface area contributed by atoms with Crippen LogP contribution in [0, 0.1) is 0 Å². The summed E-state index contributed by atoms with van der Waals surface area (Å²) < 4.78 is 1.07. The molecular formula is C7H13N2+. The number of hydrogen-bond donors (Lipinski definition) is 0. The summed E-state index contributed by atoms with van der Waals surface area (Å²) in [6.07, 6.45) is 6.07. The first-order valence-corrected chi connectivity index (χ1v) is 3.82. The second kappa shape index (κ2) is 1.81. The van der Waals surface area contributed by atoms with E-state index in [-0.39, 0.29) is 0 Å². The Labute approximate surface area is 55.8 Å². The maximum Gasteiger partial charge on any atom is 0.108 e. The fourth-order valence-corrected chi connectivity index (χ4v) is 1.85. The van der Waals surface area contributed by atoms with E-state index in [0.29, 0.717) is 0 Å². The van der Waals surface area contributed by atoms with Gasteiger partial charge in [0.05, 0.1) is 6.21 Å². The fraction of sp³-hybridized carbons (Fsp3) is 0.857. The Bertz CT molecular complexity index is 134. The molecule has 2 heterocycles. The normalized spacial score (nSPS) is 30.2. The monoisotopic (exact) mass is 125 g/mol. The summed E-state index contributed by atoms with van der Waals surface area (Å²) in [6.45, 7) is 3.88. The van der Waals surface area contributed by atoms with Crippen LogP contribution in [-0.4, -0.2) is 30.4 Å². The highest BCUT2D eigenvalue weighted by molar-refractivity contribution is 5.57. The van der Waals surface area contributed by atoms with Crippen molar-refractivity contribution in [2.24, 2.45) is 5.10 Å². The summed E-state index contributed by atoms with van der Waals surface area (Å²) in [5.74, 6) is 0. The molecule has 1 fully saturated rings. The lowest BCUT2D eigenvalue weighted by molar-refractivity contribution is -0.917. The van der Waals surface area contributed by atoms with E-state index in [0.717, 1.165) is 4.59 Å². The summed E-state index contributed by atoms with van der Waals surface area (Å²) >= 11 is 0. The van der Waals surface area contributed by atoms with E-state index in [1.54, 1.807) is 0 Å². The van der Waals surface area contributed by atoms with Gasteiger partial charge in [0, 0.05) is 19.3 Å². The first-order chi connectivity index (χ1) is 4.41. The SMILES string of the molecule is C1=N[N+]2(CC1)CCCC2. The first kappa shape index (κ1) is 5.42. The second-order valence-corrected chi connectivity index (χ2v) is 3.06. The predicted octanol–water partition coefficient (Wildman–Crippen LogP) is 0.986. The summed E-state index contributed by atoms with van der Waals surface area (Å²) in [5.41, 5.74) is 0. The van der Waals surface area contributed by atoms with Gasteiger partial charge in [-0.25, -0.2) is 0 Å². The molecule has 0 unspecified atom stereocenters. The molecule has 0 aromatic carbocycles. The van der Waals surface area contributed by atoms with Crippen molar-refractivity contribution in [3.63, 3.8) is 0 Å². The maximum absolute atomic E-state index is 4.48. The molecule has 0 bridgehead atoms. The zero-order chi connectivity index (χ0) is 6.16. The van der Waals surface area contributed by atoms with E-state index >= 15 is 0 Å². The Morgan fingerprint density at radius 3 is 2.44 bits per heavy atom. The summed E-state index contributed by atoms with van der Waals surface area (Å²) in [4.78, 5) is 0. The molecule has 0 aromatic rings. The molecular weight excluding hydrogens is 112 g/mol. The zero-order valence-corrected chi connectivity index (χ0v) is 5.71. The summed E-state index contributed by atoms with van der Waals surface area (Å²) in [7, 11) is 0. The van der Waals surface area contributed by atoms with Crippen LogP contribution in [0.15, 0.2) is 5.10 Å². The third-order valence-corrected chi connectivity index (χ3v) is 2.40. The molecule has 0 radical (unpaired) electrons. The molecule has 2 nitrogen and oxygen atoms in total. The molecule has 0 aliphatic carbocycles. The lowest BCUT2D eigenvalue weighted by Crippen LogP contribution is -2.36. The molecule has 0 amide bonds. The van der Waals surface area contributed by atoms with E-state index in [2.05, 4.69) is 11.3 Å². The molecule has 50 valence electrons. The highest BCUT2D eigenvalue weighted by atomic mass is 15.6. The van der Waals surface area contributed by atoms with Crippen molar-refractivity contribution >= 4 is 6.21 Å². The van der Waals surface area contributed by atoms with Crippen LogP contribution in [0.25, 0.3) is 0 Å². The van der Waals surface area contributed by atoms with Crippen molar-refractivity contribution in [3.05, 3.63) is 0 Å². The number of rotatable bonds is 0. The van der Waals surface area contributed by atoms with Gasteiger partial charge < -0.3 is 0 Å². The van der Waals surface area contributed by atoms with Gasteiger partial charge in [-0.1, -0.05) is 5.10 Å². The van der Waals surface area contributed by atoms with Crippen LogP contribution in [0.2, 0.25) is 0 Å². The van der Waals surface area contributed by atoms with Crippen molar-refractivity contribution in [2.75, 3.05) is 19.6 Å². The highest BCUT2D eigenvalue weighted by Crippen LogP contribution is 2.22. The van der Waals surface area contributed by atoms with Crippen molar-refractivity contribution in [3.8, 4) is 0 Å². The minimum Gasteiger partial charge on any atom is -0.198 e. The average molecular weight is 125 g/mol. The van der Waals surface area contributed by atoms with Gasteiger partial charge in [0.2, 0.25) is 0 Å². The first-order valence-electron chi connectivity index (χ1n) is 3.82. The van der Waals surface area contributed by atoms with Crippen LogP contribution in [0.3, 0.4) is 0 Å². The summed E-state index contributed by atoms with van der Waals surface area (Å²) in [6, 6.07) is 0. The third kappa shape index (κ3) is 0.778. The topological polar surface area (TPSA) is 12.4 Å². The molecule has 2 aliphatic heterocycles. The van der Waals surface area contributed by atoms with Gasteiger partial charge in [-0.3, -0.25) is 0 Å². The van der Waals surface area contributed by atoms with Crippen molar-refractivity contribution in [2.45, 2.75) is 19.3 Å². The van der Waals surface area contributed by atoms with Crippen LogP contribution in [0.4, 0.5) is 0 Å². The Morgan fingerprint density at radius 1 is 1.11 bits per heavy atom. The molecule has 2 rings (SSSR count). The van der Waals surface area contributed by atoms with E-state index in [9.17, 15) is 0 Å². The van der Waals surface area contributed by atoms with Gasteiger partial charge in [0.1, 0.15) is 19.6 Å². The van der Waals surface area contributed by atoms with E-state index < -0.39 is 0 Å². The van der Waals surface area contributed by atoms with Crippen molar-refractivity contribution in [1.29, 1.82) is 0 Å². The van der Waals surface area contributed by atoms with Gasteiger partial charge in [0.25, 0.3) is 0 Å². The maximum atomic E-state index is 4.48. The van der Waals surface area contributed by atoms with Crippen LogP contribution in [-0.2, 0) is 0 Å². The molecule has 1 saturated heterocycles. The van der Waals surface area contributed by atoms with Gasteiger partial charge in [0.15, 0.2) is 0 Å². The Hall–Kier alpha value is -0.370. The molecule has 0 aromatic heterocycles. The highest BCUT2D eigenvalue weighted by Gasteiger charge is 2.33. The minimum atomic E-state index is 1.07. The lowest BCUT2D eigenvalue weighted by atomic mass is 10.4. The largest absolute Gasteiger partial charge is 0.198 e. The number of quaternary nitrogens is 1. The number of hydrogen-bond acceptors (Lipinski definition) is 1. The van der Waals surface area contributed by atoms with Crippen LogP contribution in [0.1, 0.15) is 19.3 Å². The van der Waals surface area contributed by atoms with Gasteiger partial charge in [-0.2, -0.15) is 4.59 Å². The quantitative estimate of drug-likeness (QED) is 0.428. The molecule has 0 atom stereocenters. The lowest BCUT2D eigenvalue weighted by Gasteiger charge is -2.21. The molecule has 0 saturated carbocycles. The average Bonchev–Trinajstić information content (AvgIpc) is 2.45. The Balaban J connectivity index is 2.13. The molecule has 2 aliphatic rings. The van der Waals surface area contributed by atoms with Gasteiger partial charge >= 0.3 is 0 Å². The standard InChI is InChI=1S/C7H13N2/c1-2-6-9(5-1)7-3-4-8-9/h4H,1-3,5-7H2/q+1. The molecule has 2 heteroatoms. The van der Waals surface area contributed by atoms with E-state index in [4.69, 9.17) is 0 Å². The van der Waals surface area contributed by atoms with Crippen LogP contribution < -0.4 is 0 Å². The second-order valence-electron chi connectivity index (χ2n) is 3.06. The zero-order valence-electron chi connectivity index (χ0n) is 5.71. The van der Waals surface area contributed by atoms with Crippen LogP contribution in [0.5, 0.6) is 0 Å².